The third-order valence-electron chi connectivity index (χ3n) is 3.43. The van der Waals surface area contributed by atoms with E-state index >= 15 is 0 Å². The van der Waals surface area contributed by atoms with Crippen LogP contribution in [0.4, 0.5) is 5.69 Å². The number of esters is 1. The van der Waals surface area contributed by atoms with E-state index in [2.05, 4.69) is 0 Å². The Hall–Kier alpha value is -2.29. The molecule has 0 aromatic heterocycles. The van der Waals surface area contributed by atoms with Crippen molar-refractivity contribution in [2.75, 3.05) is 18.5 Å². The Morgan fingerprint density at radius 1 is 1.00 bits per heavy atom. The Kier molecular flexibility index (Phi) is 4.99. The molecule has 2 rings (SSSR count). The van der Waals surface area contributed by atoms with Gasteiger partial charge >= 0.3 is 5.97 Å². The first-order valence-electron chi connectivity index (χ1n) is 7.05. The third kappa shape index (κ3) is 4.09. The molecule has 0 bridgehead atoms. The van der Waals surface area contributed by atoms with Gasteiger partial charge in [-0.1, -0.05) is 48.5 Å². The van der Waals surface area contributed by atoms with Gasteiger partial charge < -0.3 is 9.64 Å². The van der Waals surface area contributed by atoms with Crippen LogP contribution in [-0.4, -0.2) is 19.6 Å². The van der Waals surface area contributed by atoms with E-state index in [0.717, 1.165) is 22.4 Å². The molecule has 2 aromatic carbocycles. The lowest BCUT2D eigenvalue weighted by Crippen LogP contribution is -2.28. The van der Waals surface area contributed by atoms with Crippen molar-refractivity contribution in [3.05, 3.63) is 65.2 Å². The Balaban J connectivity index is 1.93. The maximum absolute atomic E-state index is 12.0. The summed E-state index contributed by atoms with van der Waals surface area (Å²) in [6, 6.07) is 15.8. The summed E-state index contributed by atoms with van der Waals surface area (Å²) in [6.45, 7) is 4.67. The van der Waals surface area contributed by atoms with E-state index in [1.54, 1.807) is 0 Å². The third-order valence-corrected chi connectivity index (χ3v) is 3.43. The van der Waals surface area contributed by atoms with Crippen molar-refractivity contribution in [3.63, 3.8) is 0 Å². The molecule has 0 radical (unpaired) electrons. The zero-order valence-corrected chi connectivity index (χ0v) is 12.8. The molecule has 2 aromatic rings. The van der Waals surface area contributed by atoms with Gasteiger partial charge in [0.15, 0.2) is 0 Å². The van der Waals surface area contributed by atoms with Crippen LogP contribution in [0.1, 0.15) is 16.7 Å². The standard InChI is InChI=1S/C18H21NO2/c1-14-8-7-9-15(2)18(14)19(3)12-17(20)21-13-16-10-5-4-6-11-16/h4-11H,12-13H2,1-3H3. The van der Waals surface area contributed by atoms with Crippen LogP contribution in [0.3, 0.4) is 0 Å². The van der Waals surface area contributed by atoms with Crippen LogP contribution in [0.15, 0.2) is 48.5 Å². The van der Waals surface area contributed by atoms with Gasteiger partial charge in [-0.05, 0) is 30.5 Å². The normalized spacial score (nSPS) is 10.2. The molecule has 0 atom stereocenters. The number of hydrogen-bond donors (Lipinski definition) is 0. The summed E-state index contributed by atoms with van der Waals surface area (Å²) in [5.41, 5.74) is 4.41. The van der Waals surface area contributed by atoms with Crippen LogP contribution >= 0.6 is 0 Å². The minimum Gasteiger partial charge on any atom is -0.459 e. The Morgan fingerprint density at radius 2 is 1.62 bits per heavy atom. The molecule has 0 spiro atoms. The lowest BCUT2D eigenvalue weighted by atomic mass is 10.1. The molecule has 3 nitrogen and oxygen atoms in total. The minimum absolute atomic E-state index is 0.219. The van der Waals surface area contributed by atoms with Gasteiger partial charge in [-0.25, -0.2) is 0 Å². The molecule has 21 heavy (non-hydrogen) atoms. The summed E-state index contributed by atoms with van der Waals surface area (Å²) in [4.78, 5) is 13.9. The molecule has 0 aliphatic rings. The van der Waals surface area contributed by atoms with E-state index in [4.69, 9.17) is 4.74 Å². The van der Waals surface area contributed by atoms with Gasteiger partial charge in [-0.3, -0.25) is 4.79 Å². The highest BCUT2D eigenvalue weighted by Crippen LogP contribution is 2.23. The molecule has 0 amide bonds. The summed E-state index contributed by atoms with van der Waals surface area (Å²) >= 11 is 0. The Labute approximate surface area is 126 Å². The molecular formula is C18H21NO2. The van der Waals surface area contributed by atoms with E-state index in [1.807, 2.05) is 74.3 Å². The second kappa shape index (κ2) is 6.93. The van der Waals surface area contributed by atoms with Crippen molar-refractivity contribution in [1.82, 2.24) is 0 Å². The number of carbonyl (C=O) groups excluding carboxylic acids is 1. The molecule has 0 fully saturated rings. The molecular weight excluding hydrogens is 262 g/mol. The summed E-state index contributed by atoms with van der Waals surface area (Å²) in [6.07, 6.45) is 0. The van der Waals surface area contributed by atoms with Crippen LogP contribution in [-0.2, 0) is 16.1 Å². The monoisotopic (exact) mass is 283 g/mol. The second-order valence-corrected chi connectivity index (χ2v) is 5.24. The number of anilines is 1. The van der Waals surface area contributed by atoms with E-state index in [1.165, 1.54) is 0 Å². The van der Waals surface area contributed by atoms with E-state index in [-0.39, 0.29) is 12.5 Å². The summed E-state index contributed by atoms with van der Waals surface area (Å²) in [7, 11) is 1.92. The van der Waals surface area contributed by atoms with Crippen molar-refractivity contribution >= 4 is 11.7 Å². The highest BCUT2D eigenvalue weighted by atomic mass is 16.5. The SMILES string of the molecule is Cc1cccc(C)c1N(C)CC(=O)OCc1ccccc1. The molecule has 0 aliphatic heterocycles. The number of aryl methyl sites for hydroxylation is 2. The topological polar surface area (TPSA) is 29.5 Å². The molecule has 0 saturated carbocycles. The number of carbonyl (C=O) groups is 1. The largest absolute Gasteiger partial charge is 0.459 e. The van der Waals surface area contributed by atoms with Crippen LogP contribution in [0.2, 0.25) is 0 Å². The zero-order valence-electron chi connectivity index (χ0n) is 12.8. The second-order valence-electron chi connectivity index (χ2n) is 5.24. The molecule has 0 saturated heterocycles. The Bertz CT molecular complexity index is 588. The van der Waals surface area contributed by atoms with Crippen molar-refractivity contribution in [2.24, 2.45) is 0 Å². The first kappa shape index (κ1) is 15.1. The zero-order chi connectivity index (χ0) is 15.2. The summed E-state index contributed by atoms with van der Waals surface area (Å²) < 4.78 is 5.32. The van der Waals surface area contributed by atoms with Crippen molar-refractivity contribution in [3.8, 4) is 0 Å². The molecule has 0 unspecified atom stereocenters. The van der Waals surface area contributed by atoms with Gasteiger partial charge in [0.2, 0.25) is 0 Å². The average molecular weight is 283 g/mol. The van der Waals surface area contributed by atoms with Crippen LogP contribution in [0.25, 0.3) is 0 Å². The average Bonchev–Trinajstić information content (AvgIpc) is 2.46. The van der Waals surface area contributed by atoms with Crippen LogP contribution < -0.4 is 4.90 Å². The fraction of sp³-hybridized carbons (Fsp3) is 0.278. The van der Waals surface area contributed by atoms with E-state index < -0.39 is 0 Å². The number of hydrogen-bond acceptors (Lipinski definition) is 3. The molecule has 110 valence electrons. The number of para-hydroxylation sites is 1. The van der Waals surface area contributed by atoms with Gasteiger partial charge in [-0.2, -0.15) is 0 Å². The quantitative estimate of drug-likeness (QED) is 0.787. The smallest absolute Gasteiger partial charge is 0.325 e. The minimum atomic E-state index is -0.219. The van der Waals surface area contributed by atoms with Crippen LogP contribution in [0, 0.1) is 13.8 Å². The number of ether oxygens (including phenoxy) is 1. The van der Waals surface area contributed by atoms with E-state index in [9.17, 15) is 4.79 Å². The lowest BCUT2D eigenvalue weighted by molar-refractivity contribution is -0.143. The lowest BCUT2D eigenvalue weighted by Gasteiger charge is -2.22. The fourth-order valence-electron chi connectivity index (χ4n) is 2.46. The number of rotatable bonds is 5. The predicted octanol–water partition coefficient (Wildman–Crippen LogP) is 3.48. The Morgan fingerprint density at radius 3 is 2.24 bits per heavy atom. The van der Waals surface area contributed by atoms with Gasteiger partial charge in [0, 0.05) is 12.7 Å². The number of likely N-dealkylation sites (N-methyl/N-ethyl adjacent to an activating group) is 1. The van der Waals surface area contributed by atoms with Gasteiger partial charge in [0.1, 0.15) is 13.2 Å². The van der Waals surface area contributed by atoms with Gasteiger partial charge in [-0.15, -0.1) is 0 Å². The summed E-state index contributed by atoms with van der Waals surface area (Å²) in [5, 5.41) is 0. The van der Waals surface area contributed by atoms with E-state index in [0.29, 0.717) is 6.61 Å². The van der Waals surface area contributed by atoms with Crippen molar-refractivity contribution < 1.29 is 9.53 Å². The summed E-state index contributed by atoms with van der Waals surface area (Å²) in [5.74, 6) is -0.219. The van der Waals surface area contributed by atoms with Gasteiger partial charge in [0.25, 0.3) is 0 Å². The number of benzene rings is 2. The fourth-order valence-corrected chi connectivity index (χ4v) is 2.46. The highest BCUT2D eigenvalue weighted by molar-refractivity contribution is 5.76. The van der Waals surface area contributed by atoms with Crippen molar-refractivity contribution in [1.29, 1.82) is 0 Å². The molecule has 0 heterocycles. The van der Waals surface area contributed by atoms with Crippen LogP contribution in [0.5, 0.6) is 0 Å². The molecule has 0 aliphatic carbocycles. The highest BCUT2D eigenvalue weighted by Gasteiger charge is 2.12. The van der Waals surface area contributed by atoms with Gasteiger partial charge in [0.05, 0.1) is 0 Å². The maximum Gasteiger partial charge on any atom is 0.325 e. The predicted molar refractivity (Wildman–Crippen MR) is 85.4 cm³/mol. The molecule has 0 N–H and O–H groups in total. The van der Waals surface area contributed by atoms with Crippen molar-refractivity contribution in [2.45, 2.75) is 20.5 Å². The first-order valence-corrected chi connectivity index (χ1v) is 7.05. The number of nitrogens with zero attached hydrogens (tertiary/aromatic N) is 1. The maximum atomic E-state index is 12.0. The first-order chi connectivity index (χ1) is 10.1. The molecule has 3 heteroatoms.